The van der Waals surface area contributed by atoms with Crippen molar-refractivity contribution in [3.05, 3.63) is 53.3 Å². The molecule has 1 aromatic carbocycles. The highest BCUT2D eigenvalue weighted by Gasteiger charge is 2.19. The first-order chi connectivity index (χ1) is 13.0. The topological polar surface area (TPSA) is 65.4 Å². The minimum atomic E-state index is -0.393. The Labute approximate surface area is 161 Å². The molecule has 1 aromatic heterocycles. The lowest BCUT2D eigenvalue weighted by Crippen LogP contribution is -2.43. The molecule has 1 aliphatic rings. The first-order valence-electron chi connectivity index (χ1n) is 9.47. The van der Waals surface area contributed by atoms with Crippen LogP contribution in [0.15, 0.2) is 36.7 Å². The number of nitrogens with zero attached hydrogens (tertiary/aromatic N) is 4. The maximum Gasteiger partial charge on any atom is 0.242 e. The molecule has 2 N–H and O–H groups in total. The second kappa shape index (κ2) is 9.12. The van der Waals surface area contributed by atoms with Crippen molar-refractivity contribution in [1.29, 1.82) is 0 Å². The van der Waals surface area contributed by atoms with Gasteiger partial charge in [-0.3, -0.25) is 14.4 Å². The van der Waals surface area contributed by atoms with Crippen molar-refractivity contribution < 1.29 is 4.79 Å². The predicted octanol–water partition coefficient (Wildman–Crippen LogP) is 0.744. The predicted molar refractivity (Wildman–Crippen MR) is 106 cm³/mol. The van der Waals surface area contributed by atoms with E-state index in [1.807, 2.05) is 13.2 Å². The second-order valence-corrected chi connectivity index (χ2v) is 7.28. The molecule has 3 rings (SSSR count). The SMILES string of the molecule is CNC(C(=O)NCc1ccc(CN2CCN(C)CC2)cc1)c1cnn(C)c1. The normalized spacial score (nSPS) is 17.0. The van der Waals surface area contributed by atoms with E-state index in [0.29, 0.717) is 6.54 Å². The molecule has 2 heterocycles. The average molecular weight is 371 g/mol. The molecule has 0 aliphatic carbocycles. The van der Waals surface area contributed by atoms with Crippen molar-refractivity contribution in [3.8, 4) is 0 Å². The van der Waals surface area contributed by atoms with Gasteiger partial charge in [-0.2, -0.15) is 5.10 Å². The number of hydrogen-bond acceptors (Lipinski definition) is 5. The third-order valence-corrected chi connectivity index (χ3v) is 5.10. The number of aryl methyl sites for hydroxylation is 1. The Bertz CT molecular complexity index is 733. The van der Waals surface area contributed by atoms with Crippen LogP contribution in [0, 0.1) is 0 Å². The minimum Gasteiger partial charge on any atom is -0.350 e. The van der Waals surface area contributed by atoms with E-state index in [1.54, 1.807) is 17.9 Å². The molecule has 1 fully saturated rings. The number of carbonyl (C=O) groups is 1. The third-order valence-electron chi connectivity index (χ3n) is 5.10. The summed E-state index contributed by atoms with van der Waals surface area (Å²) in [5.41, 5.74) is 3.28. The summed E-state index contributed by atoms with van der Waals surface area (Å²) < 4.78 is 1.70. The molecule has 0 radical (unpaired) electrons. The van der Waals surface area contributed by atoms with Crippen molar-refractivity contribution in [2.24, 2.45) is 7.05 Å². The largest absolute Gasteiger partial charge is 0.350 e. The zero-order valence-corrected chi connectivity index (χ0v) is 16.5. The highest BCUT2D eigenvalue weighted by atomic mass is 16.2. The maximum absolute atomic E-state index is 12.5. The molecule has 7 heteroatoms. The van der Waals surface area contributed by atoms with Gasteiger partial charge in [0.05, 0.1) is 6.20 Å². The molecule has 2 aromatic rings. The Balaban J connectivity index is 1.50. The van der Waals surface area contributed by atoms with E-state index in [9.17, 15) is 4.79 Å². The molecular weight excluding hydrogens is 340 g/mol. The van der Waals surface area contributed by atoms with Gasteiger partial charge in [0, 0.05) is 58.1 Å². The van der Waals surface area contributed by atoms with E-state index in [2.05, 4.69) is 56.8 Å². The lowest BCUT2D eigenvalue weighted by atomic mass is 10.1. The number of likely N-dealkylation sites (N-methyl/N-ethyl adjacent to an activating group) is 2. The molecule has 0 bridgehead atoms. The highest BCUT2D eigenvalue weighted by molar-refractivity contribution is 5.83. The van der Waals surface area contributed by atoms with Gasteiger partial charge in [0.25, 0.3) is 0 Å². The summed E-state index contributed by atoms with van der Waals surface area (Å²) in [6.45, 7) is 6.01. The van der Waals surface area contributed by atoms with Crippen LogP contribution in [0.2, 0.25) is 0 Å². The highest BCUT2D eigenvalue weighted by Crippen LogP contribution is 2.13. The summed E-state index contributed by atoms with van der Waals surface area (Å²) >= 11 is 0. The van der Waals surface area contributed by atoms with Crippen molar-refractivity contribution in [2.75, 3.05) is 40.3 Å². The van der Waals surface area contributed by atoms with Crippen LogP contribution in [0.1, 0.15) is 22.7 Å². The number of piperazine rings is 1. The zero-order valence-electron chi connectivity index (χ0n) is 16.5. The van der Waals surface area contributed by atoms with Gasteiger partial charge in [0.1, 0.15) is 6.04 Å². The fourth-order valence-corrected chi connectivity index (χ4v) is 3.36. The van der Waals surface area contributed by atoms with Crippen molar-refractivity contribution in [1.82, 2.24) is 30.2 Å². The van der Waals surface area contributed by atoms with Gasteiger partial charge in [-0.25, -0.2) is 0 Å². The van der Waals surface area contributed by atoms with Crippen LogP contribution in [-0.2, 0) is 24.9 Å². The minimum absolute atomic E-state index is 0.0491. The standard InChI is InChI=1S/C20H30N6O/c1-21-19(18-13-23-25(3)15-18)20(27)22-12-16-4-6-17(7-5-16)14-26-10-8-24(2)9-11-26/h4-7,13,15,19,21H,8-12,14H2,1-3H3,(H,22,27). The van der Waals surface area contributed by atoms with Crippen LogP contribution < -0.4 is 10.6 Å². The summed E-state index contributed by atoms with van der Waals surface area (Å²) in [5, 5.41) is 10.2. The van der Waals surface area contributed by atoms with E-state index < -0.39 is 6.04 Å². The smallest absolute Gasteiger partial charge is 0.242 e. The number of hydrogen-bond donors (Lipinski definition) is 2. The fraction of sp³-hybridized carbons (Fsp3) is 0.500. The Kier molecular flexibility index (Phi) is 6.60. The van der Waals surface area contributed by atoms with Gasteiger partial charge in [-0.15, -0.1) is 0 Å². The summed E-state index contributed by atoms with van der Waals surface area (Å²) in [6, 6.07) is 8.14. The molecule has 27 heavy (non-hydrogen) atoms. The average Bonchev–Trinajstić information content (AvgIpc) is 3.09. The van der Waals surface area contributed by atoms with E-state index in [1.165, 1.54) is 5.56 Å². The van der Waals surface area contributed by atoms with Crippen LogP contribution in [0.25, 0.3) is 0 Å². The summed E-state index contributed by atoms with van der Waals surface area (Å²) in [7, 11) is 5.80. The van der Waals surface area contributed by atoms with Gasteiger partial charge < -0.3 is 15.5 Å². The van der Waals surface area contributed by atoms with E-state index >= 15 is 0 Å². The molecule has 1 atom stereocenters. The Hall–Kier alpha value is -2.22. The molecule has 1 unspecified atom stereocenters. The number of rotatable bonds is 7. The zero-order chi connectivity index (χ0) is 19.2. The van der Waals surface area contributed by atoms with Crippen LogP contribution in [0.4, 0.5) is 0 Å². The second-order valence-electron chi connectivity index (χ2n) is 7.28. The molecule has 146 valence electrons. The number of aromatic nitrogens is 2. The van der Waals surface area contributed by atoms with Crippen molar-refractivity contribution in [2.45, 2.75) is 19.1 Å². The summed E-state index contributed by atoms with van der Waals surface area (Å²) in [5.74, 6) is -0.0491. The van der Waals surface area contributed by atoms with Crippen LogP contribution in [0.5, 0.6) is 0 Å². The monoisotopic (exact) mass is 370 g/mol. The molecule has 1 amide bonds. The van der Waals surface area contributed by atoms with Gasteiger partial charge in [-0.05, 0) is 25.2 Å². The number of benzene rings is 1. The number of amides is 1. The molecule has 0 saturated carbocycles. The molecule has 0 spiro atoms. The van der Waals surface area contributed by atoms with Gasteiger partial charge in [0.2, 0.25) is 5.91 Å². The van der Waals surface area contributed by atoms with Gasteiger partial charge in [-0.1, -0.05) is 24.3 Å². The molecule has 1 aliphatic heterocycles. The van der Waals surface area contributed by atoms with E-state index in [4.69, 9.17) is 0 Å². The van der Waals surface area contributed by atoms with Gasteiger partial charge >= 0.3 is 0 Å². The Morgan fingerprint density at radius 1 is 1.11 bits per heavy atom. The quantitative estimate of drug-likeness (QED) is 0.753. The summed E-state index contributed by atoms with van der Waals surface area (Å²) in [4.78, 5) is 17.3. The first-order valence-corrected chi connectivity index (χ1v) is 9.47. The summed E-state index contributed by atoms with van der Waals surface area (Å²) in [6.07, 6.45) is 3.57. The molecule has 7 nitrogen and oxygen atoms in total. The van der Waals surface area contributed by atoms with Gasteiger partial charge in [0.15, 0.2) is 0 Å². The maximum atomic E-state index is 12.5. The molecular formula is C20H30N6O. The van der Waals surface area contributed by atoms with Crippen LogP contribution in [-0.4, -0.2) is 65.8 Å². The van der Waals surface area contributed by atoms with Crippen LogP contribution >= 0.6 is 0 Å². The Morgan fingerprint density at radius 2 is 1.78 bits per heavy atom. The first kappa shape index (κ1) is 19.5. The Morgan fingerprint density at radius 3 is 2.37 bits per heavy atom. The van der Waals surface area contributed by atoms with Crippen molar-refractivity contribution in [3.63, 3.8) is 0 Å². The lowest BCUT2D eigenvalue weighted by Gasteiger charge is -2.32. The fourth-order valence-electron chi connectivity index (χ4n) is 3.36. The molecule has 1 saturated heterocycles. The van der Waals surface area contributed by atoms with E-state index in [0.717, 1.165) is 43.9 Å². The number of nitrogens with one attached hydrogen (secondary N) is 2. The van der Waals surface area contributed by atoms with Crippen molar-refractivity contribution >= 4 is 5.91 Å². The van der Waals surface area contributed by atoms with E-state index in [-0.39, 0.29) is 5.91 Å². The van der Waals surface area contributed by atoms with Crippen LogP contribution in [0.3, 0.4) is 0 Å². The lowest BCUT2D eigenvalue weighted by molar-refractivity contribution is -0.123. The third kappa shape index (κ3) is 5.38. The number of carbonyl (C=O) groups excluding carboxylic acids is 1.